The first-order valence-corrected chi connectivity index (χ1v) is 10.5. The van der Waals surface area contributed by atoms with Crippen LogP contribution in [-0.4, -0.2) is 35.9 Å². The number of aliphatic carboxylic acids is 1. The van der Waals surface area contributed by atoms with Crippen LogP contribution in [0.25, 0.3) is 0 Å². The van der Waals surface area contributed by atoms with E-state index in [9.17, 15) is 14.7 Å². The van der Waals surface area contributed by atoms with Crippen molar-refractivity contribution in [2.45, 2.75) is 59.3 Å². The van der Waals surface area contributed by atoms with Gasteiger partial charge in [-0.1, -0.05) is 17.7 Å². The maximum atomic E-state index is 12.0. The number of nitrogens with one attached hydrogen (secondary N) is 1. The molecule has 7 nitrogen and oxygen atoms in total. The number of carbonyl (C=O) groups excluding carboxylic acids is 1. The summed E-state index contributed by atoms with van der Waals surface area (Å²) in [7, 11) is 1.55. The molecular weight excluding hydrogens is 434 g/mol. The number of ether oxygens (including phenoxy) is 3. The fraction of sp³-hybridized carbons (Fsp3) is 0.417. The number of amides is 1. The largest absolute Gasteiger partial charge is 0.496 e. The fourth-order valence-corrected chi connectivity index (χ4v) is 3.22. The van der Waals surface area contributed by atoms with Gasteiger partial charge in [0.15, 0.2) is 0 Å². The molecule has 174 valence electrons. The molecular formula is C24H30ClNO6. The lowest BCUT2D eigenvalue weighted by molar-refractivity contribution is -0.139. The van der Waals surface area contributed by atoms with Crippen molar-refractivity contribution in [3.05, 3.63) is 57.6 Å². The Hall–Kier alpha value is -2.93. The highest BCUT2D eigenvalue weighted by Crippen LogP contribution is 2.28. The van der Waals surface area contributed by atoms with Gasteiger partial charge in [0.25, 0.3) is 0 Å². The summed E-state index contributed by atoms with van der Waals surface area (Å²) >= 11 is 6.22. The lowest BCUT2D eigenvalue weighted by atomic mass is 10.0. The van der Waals surface area contributed by atoms with Gasteiger partial charge >= 0.3 is 12.1 Å². The predicted molar refractivity (Wildman–Crippen MR) is 123 cm³/mol. The van der Waals surface area contributed by atoms with Crippen molar-refractivity contribution < 1.29 is 28.9 Å². The number of aryl methyl sites for hydroxylation is 2. The Kier molecular flexibility index (Phi) is 8.38. The molecule has 0 heterocycles. The monoisotopic (exact) mass is 463 g/mol. The van der Waals surface area contributed by atoms with E-state index >= 15 is 0 Å². The highest BCUT2D eigenvalue weighted by molar-refractivity contribution is 6.32. The third kappa shape index (κ3) is 7.34. The smallest absolute Gasteiger partial charge is 0.408 e. The van der Waals surface area contributed by atoms with E-state index < -0.39 is 23.7 Å². The molecule has 2 aromatic rings. The molecule has 32 heavy (non-hydrogen) atoms. The maximum Gasteiger partial charge on any atom is 0.408 e. The van der Waals surface area contributed by atoms with Crippen LogP contribution in [0.3, 0.4) is 0 Å². The molecule has 2 rings (SSSR count). The van der Waals surface area contributed by atoms with E-state index in [0.717, 1.165) is 16.7 Å². The molecule has 2 aromatic carbocycles. The quantitative estimate of drug-likeness (QED) is 0.568. The number of carboxylic acid groups (broad SMARTS) is 1. The summed E-state index contributed by atoms with van der Waals surface area (Å²) in [5.41, 5.74) is 2.56. The molecule has 1 atom stereocenters. The zero-order valence-electron chi connectivity index (χ0n) is 19.2. The first-order valence-electron chi connectivity index (χ1n) is 10.2. The van der Waals surface area contributed by atoms with E-state index in [1.165, 1.54) is 0 Å². The summed E-state index contributed by atoms with van der Waals surface area (Å²) < 4.78 is 16.5. The van der Waals surface area contributed by atoms with E-state index in [1.54, 1.807) is 46.1 Å². The molecule has 0 aromatic heterocycles. The van der Waals surface area contributed by atoms with Gasteiger partial charge in [0.1, 0.15) is 29.7 Å². The molecule has 0 aliphatic carbocycles. The minimum absolute atomic E-state index is 0.0741. The molecule has 0 radical (unpaired) electrons. The van der Waals surface area contributed by atoms with Crippen LogP contribution in [0, 0.1) is 13.8 Å². The predicted octanol–water partition coefficient (Wildman–Crippen LogP) is 5.06. The summed E-state index contributed by atoms with van der Waals surface area (Å²) in [6.07, 6.45) is -0.708. The molecule has 0 aliphatic rings. The summed E-state index contributed by atoms with van der Waals surface area (Å²) in [5, 5.41) is 12.7. The van der Waals surface area contributed by atoms with Gasteiger partial charge in [0.2, 0.25) is 0 Å². The van der Waals surface area contributed by atoms with E-state index in [-0.39, 0.29) is 13.0 Å². The van der Waals surface area contributed by atoms with Crippen LogP contribution in [0.5, 0.6) is 11.5 Å². The maximum absolute atomic E-state index is 12.0. The van der Waals surface area contributed by atoms with Crippen molar-refractivity contribution >= 4 is 23.7 Å². The van der Waals surface area contributed by atoms with E-state index in [4.69, 9.17) is 25.8 Å². The van der Waals surface area contributed by atoms with Crippen molar-refractivity contribution in [1.29, 1.82) is 0 Å². The summed E-state index contributed by atoms with van der Waals surface area (Å²) in [5.74, 6) is 0.131. The van der Waals surface area contributed by atoms with Gasteiger partial charge in [0, 0.05) is 17.0 Å². The Morgan fingerprint density at radius 3 is 2.28 bits per heavy atom. The third-order valence-electron chi connectivity index (χ3n) is 4.58. The number of halogens is 1. The number of hydrogen-bond donors (Lipinski definition) is 2. The number of benzene rings is 2. The van der Waals surface area contributed by atoms with Crippen LogP contribution in [0.2, 0.25) is 5.02 Å². The normalized spacial score (nSPS) is 12.1. The molecule has 0 aliphatic heterocycles. The van der Waals surface area contributed by atoms with Crippen LogP contribution in [-0.2, 0) is 22.6 Å². The zero-order valence-corrected chi connectivity index (χ0v) is 20.0. The Balaban J connectivity index is 2.17. The molecule has 0 saturated carbocycles. The lowest BCUT2D eigenvalue weighted by Crippen LogP contribution is -2.44. The molecule has 0 bridgehead atoms. The van der Waals surface area contributed by atoms with Gasteiger partial charge in [-0.05, 0) is 75.6 Å². The average molecular weight is 464 g/mol. The van der Waals surface area contributed by atoms with Gasteiger partial charge in [-0.3, -0.25) is 0 Å². The third-order valence-corrected chi connectivity index (χ3v) is 5.17. The Morgan fingerprint density at radius 1 is 1.12 bits per heavy atom. The Labute approximate surface area is 193 Å². The van der Waals surface area contributed by atoms with E-state index in [0.29, 0.717) is 22.1 Å². The topological polar surface area (TPSA) is 94.1 Å². The molecule has 1 amide bonds. The molecule has 0 fully saturated rings. The second-order valence-electron chi connectivity index (χ2n) is 8.55. The minimum atomic E-state index is -1.16. The van der Waals surface area contributed by atoms with Crippen molar-refractivity contribution in [2.75, 3.05) is 7.11 Å². The average Bonchev–Trinajstić information content (AvgIpc) is 2.68. The first kappa shape index (κ1) is 25.3. The second-order valence-corrected chi connectivity index (χ2v) is 8.93. The van der Waals surface area contributed by atoms with Gasteiger partial charge in [0.05, 0.1) is 7.11 Å². The Morgan fingerprint density at radius 2 is 1.75 bits per heavy atom. The van der Waals surface area contributed by atoms with Gasteiger partial charge in [-0.25, -0.2) is 9.59 Å². The van der Waals surface area contributed by atoms with Gasteiger partial charge < -0.3 is 24.6 Å². The zero-order chi connectivity index (χ0) is 24.1. The number of carbonyl (C=O) groups is 2. The minimum Gasteiger partial charge on any atom is -0.496 e. The van der Waals surface area contributed by atoms with Crippen LogP contribution in [0.4, 0.5) is 4.79 Å². The molecule has 0 spiro atoms. The van der Waals surface area contributed by atoms with Crippen molar-refractivity contribution in [3.8, 4) is 11.5 Å². The first-order chi connectivity index (χ1) is 14.9. The lowest BCUT2D eigenvalue weighted by Gasteiger charge is -2.22. The van der Waals surface area contributed by atoms with Crippen LogP contribution >= 0.6 is 11.6 Å². The molecule has 8 heteroatoms. The van der Waals surface area contributed by atoms with Crippen LogP contribution in [0.15, 0.2) is 30.3 Å². The van der Waals surface area contributed by atoms with Gasteiger partial charge in [-0.2, -0.15) is 0 Å². The molecule has 0 saturated heterocycles. The van der Waals surface area contributed by atoms with Crippen molar-refractivity contribution in [1.82, 2.24) is 5.32 Å². The molecule has 1 unspecified atom stereocenters. The summed E-state index contributed by atoms with van der Waals surface area (Å²) in [6, 6.07) is 7.88. The van der Waals surface area contributed by atoms with Crippen molar-refractivity contribution in [3.63, 3.8) is 0 Å². The van der Waals surface area contributed by atoms with E-state index in [2.05, 4.69) is 5.32 Å². The number of alkyl carbamates (subject to hydrolysis) is 1. The standard InChI is InChI=1S/C24H30ClNO6/c1-14-9-18(10-15(2)21(14)25)31-13-17-11-16(7-8-20(17)30-6)12-19(22(27)28)26-23(29)32-24(3,4)5/h7-11,19H,12-13H2,1-6H3,(H,26,29)(H,27,28). The number of methoxy groups -OCH3 is 1. The molecule has 2 N–H and O–H groups in total. The number of carboxylic acids is 1. The highest BCUT2D eigenvalue weighted by atomic mass is 35.5. The second kappa shape index (κ2) is 10.6. The Bertz CT molecular complexity index is 960. The van der Waals surface area contributed by atoms with E-state index in [1.807, 2.05) is 26.0 Å². The fourth-order valence-electron chi connectivity index (χ4n) is 3.11. The van der Waals surface area contributed by atoms with Gasteiger partial charge in [-0.15, -0.1) is 0 Å². The summed E-state index contributed by atoms with van der Waals surface area (Å²) in [4.78, 5) is 23.7. The highest BCUT2D eigenvalue weighted by Gasteiger charge is 2.24. The van der Waals surface area contributed by atoms with Crippen molar-refractivity contribution in [2.24, 2.45) is 0 Å². The number of rotatable bonds is 8. The van der Waals surface area contributed by atoms with Crippen LogP contribution in [0.1, 0.15) is 43.0 Å². The number of hydrogen-bond acceptors (Lipinski definition) is 5. The summed E-state index contributed by atoms with van der Waals surface area (Å²) in [6.45, 7) is 9.17. The SMILES string of the molecule is COc1ccc(CC(NC(=O)OC(C)(C)C)C(=O)O)cc1COc1cc(C)c(Cl)c(C)c1. The van der Waals surface area contributed by atoms with Crippen LogP contribution < -0.4 is 14.8 Å².